The molecule has 4 rings (SSSR count). The highest BCUT2D eigenvalue weighted by Crippen LogP contribution is 2.35. The van der Waals surface area contributed by atoms with Crippen LogP contribution in [0.4, 0.5) is 24.9 Å². The molecule has 0 aliphatic carbocycles. The molecule has 33 heavy (non-hydrogen) atoms. The topological polar surface area (TPSA) is 71.8 Å². The van der Waals surface area contributed by atoms with Gasteiger partial charge in [-0.1, -0.05) is 41.9 Å². The number of alkyl halides is 3. The van der Waals surface area contributed by atoms with Crippen LogP contribution in [0.2, 0.25) is 5.02 Å². The highest BCUT2D eigenvalue weighted by Gasteiger charge is 2.36. The molecule has 0 bridgehead atoms. The second-order valence-corrected chi connectivity index (χ2v) is 7.73. The van der Waals surface area contributed by atoms with Crippen LogP contribution in [0.25, 0.3) is 16.5 Å². The molecule has 0 radical (unpaired) electrons. The van der Waals surface area contributed by atoms with Crippen LogP contribution in [0.3, 0.4) is 0 Å². The van der Waals surface area contributed by atoms with Crippen LogP contribution in [-0.2, 0) is 6.18 Å². The lowest BCUT2D eigenvalue weighted by Crippen LogP contribution is -2.26. The Bertz CT molecular complexity index is 1370. The Morgan fingerprint density at radius 1 is 1.09 bits per heavy atom. The van der Waals surface area contributed by atoms with Gasteiger partial charge in [-0.3, -0.25) is 9.36 Å². The van der Waals surface area contributed by atoms with E-state index in [9.17, 15) is 18.0 Å². The number of pyridine rings is 1. The summed E-state index contributed by atoms with van der Waals surface area (Å²) in [5.74, 6) is -0.365. The zero-order valence-electron chi connectivity index (χ0n) is 17.6. The van der Waals surface area contributed by atoms with Gasteiger partial charge in [-0.05, 0) is 36.6 Å². The summed E-state index contributed by atoms with van der Waals surface area (Å²) in [7, 11) is 1.51. The van der Waals surface area contributed by atoms with Crippen molar-refractivity contribution in [2.45, 2.75) is 19.1 Å². The van der Waals surface area contributed by atoms with Crippen molar-refractivity contribution in [3.8, 4) is 5.69 Å². The molecule has 0 saturated heterocycles. The smallest absolute Gasteiger partial charge is 0.361 e. The van der Waals surface area contributed by atoms with Gasteiger partial charge in [-0.25, -0.2) is 4.98 Å². The molecule has 2 aromatic carbocycles. The molecule has 6 nitrogen and oxygen atoms in total. The highest BCUT2D eigenvalue weighted by molar-refractivity contribution is 6.35. The molecule has 10 heteroatoms. The van der Waals surface area contributed by atoms with Crippen molar-refractivity contribution in [2.24, 2.45) is 0 Å². The number of para-hydroxylation sites is 1. The van der Waals surface area contributed by atoms with Crippen LogP contribution < -0.4 is 16.2 Å². The molecule has 0 aliphatic heterocycles. The minimum absolute atomic E-state index is 0.0310. The molecule has 0 amide bonds. The van der Waals surface area contributed by atoms with E-state index in [1.807, 2.05) is 0 Å². The quantitative estimate of drug-likeness (QED) is 0.391. The third-order valence-electron chi connectivity index (χ3n) is 5.15. The number of fused-ring (bicyclic) bond motifs is 1. The van der Waals surface area contributed by atoms with Gasteiger partial charge in [0.05, 0.1) is 16.5 Å². The van der Waals surface area contributed by atoms with Gasteiger partial charge in [0.15, 0.2) is 0 Å². The lowest BCUT2D eigenvalue weighted by atomic mass is 10.1. The van der Waals surface area contributed by atoms with E-state index in [2.05, 4.69) is 20.6 Å². The monoisotopic (exact) mass is 473 g/mol. The standard InChI is InChI=1S/C23H19ClF3N5O/c1-13(30-20-16(23(25,26)27)12-29-22(28-2)31-20)18-11-14-7-6-10-17(24)19(14)21(33)32(18)15-8-4-3-5-9-15/h3-13H,1-2H3,(H2,28,29,30,31)/t13-/m0/s1. The van der Waals surface area contributed by atoms with E-state index in [-0.39, 0.29) is 11.5 Å². The van der Waals surface area contributed by atoms with E-state index in [1.54, 1.807) is 61.5 Å². The second kappa shape index (κ2) is 8.74. The average molecular weight is 474 g/mol. The fourth-order valence-electron chi connectivity index (χ4n) is 3.60. The summed E-state index contributed by atoms with van der Waals surface area (Å²) in [5, 5.41) is 6.66. The predicted octanol–water partition coefficient (Wildman–Crippen LogP) is 5.67. The average Bonchev–Trinajstić information content (AvgIpc) is 2.78. The summed E-state index contributed by atoms with van der Waals surface area (Å²) >= 11 is 6.31. The number of hydrogen-bond acceptors (Lipinski definition) is 5. The van der Waals surface area contributed by atoms with Crippen molar-refractivity contribution >= 4 is 34.1 Å². The number of benzene rings is 2. The van der Waals surface area contributed by atoms with E-state index in [0.717, 1.165) is 6.20 Å². The number of aromatic nitrogens is 3. The van der Waals surface area contributed by atoms with Gasteiger partial charge >= 0.3 is 6.18 Å². The van der Waals surface area contributed by atoms with Gasteiger partial charge in [0, 0.05) is 24.6 Å². The molecule has 4 aromatic rings. The first-order valence-electron chi connectivity index (χ1n) is 9.99. The summed E-state index contributed by atoms with van der Waals surface area (Å²) in [5.41, 5.74) is -0.380. The predicted molar refractivity (Wildman–Crippen MR) is 123 cm³/mol. The Kier molecular flexibility index (Phi) is 5.99. The maximum absolute atomic E-state index is 13.6. The van der Waals surface area contributed by atoms with Crippen LogP contribution in [0, 0.1) is 0 Å². The zero-order chi connectivity index (χ0) is 23.8. The van der Waals surface area contributed by atoms with Crippen molar-refractivity contribution in [1.29, 1.82) is 0 Å². The van der Waals surface area contributed by atoms with Gasteiger partial charge in [-0.2, -0.15) is 18.2 Å². The zero-order valence-corrected chi connectivity index (χ0v) is 18.4. The van der Waals surface area contributed by atoms with Crippen molar-refractivity contribution in [3.63, 3.8) is 0 Å². The van der Waals surface area contributed by atoms with E-state index in [4.69, 9.17) is 11.6 Å². The summed E-state index contributed by atoms with van der Waals surface area (Å²) in [6, 6.07) is 14.9. The molecule has 2 aromatic heterocycles. The summed E-state index contributed by atoms with van der Waals surface area (Å²) in [6.07, 6.45) is -3.94. The van der Waals surface area contributed by atoms with Gasteiger partial charge < -0.3 is 10.6 Å². The number of halogens is 4. The molecular formula is C23H19ClF3N5O. The second-order valence-electron chi connectivity index (χ2n) is 7.32. The molecule has 2 N–H and O–H groups in total. The number of nitrogens with zero attached hydrogens (tertiary/aromatic N) is 3. The number of hydrogen-bond donors (Lipinski definition) is 2. The minimum Gasteiger partial charge on any atom is -0.361 e. The Hall–Kier alpha value is -3.59. The fraction of sp³-hybridized carbons (Fsp3) is 0.174. The molecule has 0 spiro atoms. The normalized spacial score (nSPS) is 12.5. The van der Waals surface area contributed by atoms with E-state index in [1.165, 1.54) is 11.6 Å². The third kappa shape index (κ3) is 4.36. The molecule has 170 valence electrons. The maximum Gasteiger partial charge on any atom is 0.421 e. The first-order chi connectivity index (χ1) is 15.7. The summed E-state index contributed by atoms with van der Waals surface area (Å²) in [6.45, 7) is 1.66. The van der Waals surface area contributed by atoms with Crippen molar-refractivity contribution in [3.05, 3.63) is 87.4 Å². The lowest BCUT2D eigenvalue weighted by Gasteiger charge is -2.23. The number of rotatable bonds is 5. The van der Waals surface area contributed by atoms with Crippen molar-refractivity contribution in [2.75, 3.05) is 17.7 Å². The lowest BCUT2D eigenvalue weighted by molar-refractivity contribution is -0.137. The maximum atomic E-state index is 13.6. The SMILES string of the molecule is CNc1ncc(C(F)(F)F)c(N[C@@H](C)c2cc3cccc(Cl)c3c(=O)n2-c2ccccc2)n1. The first kappa shape index (κ1) is 22.6. The molecule has 0 unspecified atom stereocenters. The van der Waals surface area contributed by atoms with E-state index in [0.29, 0.717) is 27.2 Å². The van der Waals surface area contributed by atoms with Crippen molar-refractivity contribution < 1.29 is 13.2 Å². The Morgan fingerprint density at radius 3 is 2.48 bits per heavy atom. The molecule has 0 fully saturated rings. The molecule has 0 aliphatic rings. The van der Waals surface area contributed by atoms with Crippen LogP contribution in [0.5, 0.6) is 0 Å². The molecule has 1 atom stereocenters. The van der Waals surface area contributed by atoms with Gasteiger partial charge in [-0.15, -0.1) is 0 Å². The largest absolute Gasteiger partial charge is 0.421 e. The van der Waals surface area contributed by atoms with Crippen LogP contribution in [0.15, 0.2) is 65.6 Å². The number of nitrogens with one attached hydrogen (secondary N) is 2. The van der Waals surface area contributed by atoms with Gasteiger partial charge in [0.25, 0.3) is 5.56 Å². The van der Waals surface area contributed by atoms with Gasteiger partial charge in [0.2, 0.25) is 5.95 Å². The Balaban J connectivity index is 1.91. The van der Waals surface area contributed by atoms with Gasteiger partial charge in [0.1, 0.15) is 11.4 Å². The number of anilines is 2. The fourth-order valence-corrected chi connectivity index (χ4v) is 3.86. The first-order valence-corrected chi connectivity index (χ1v) is 10.4. The summed E-state index contributed by atoms with van der Waals surface area (Å²) < 4.78 is 42.2. The highest BCUT2D eigenvalue weighted by atomic mass is 35.5. The minimum atomic E-state index is -4.66. The third-order valence-corrected chi connectivity index (χ3v) is 5.47. The van der Waals surface area contributed by atoms with Crippen LogP contribution in [-0.4, -0.2) is 21.6 Å². The summed E-state index contributed by atoms with van der Waals surface area (Å²) in [4.78, 5) is 21.1. The van der Waals surface area contributed by atoms with E-state index < -0.39 is 23.6 Å². The van der Waals surface area contributed by atoms with E-state index >= 15 is 0 Å². The van der Waals surface area contributed by atoms with Crippen LogP contribution >= 0.6 is 11.6 Å². The Morgan fingerprint density at radius 2 is 1.82 bits per heavy atom. The van der Waals surface area contributed by atoms with Crippen molar-refractivity contribution in [1.82, 2.24) is 14.5 Å². The molecule has 0 saturated carbocycles. The molecule has 2 heterocycles. The molecular weight excluding hydrogens is 455 g/mol. The Labute approximate surface area is 192 Å². The van der Waals surface area contributed by atoms with Crippen LogP contribution in [0.1, 0.15) is 24.2 Å².